The lowest BCUT2D eigenvalue weighted by Gasteiger charge is -2.10. The maximum absolute atomic E-state index is 9.80. The minimum atomic E-state index is -0.354. The van der Waals surface area contributed by atoms with Crippen LogP contribution in [0.2, 0.25) is 6.32 Å². The van der Waals surface area contributed by atoms with Crippen LogP contribution in [0.4, 0.5) is 0 Å². The second-order valence-electron chi connectivity index (χ2n) is 5.13. The van der Waals surface area contributed by atoms with Gasteiger partial charge in [-0.15, -0.1) is 0 Å². The molecule has 2 aromatic carbocycles. The SMILES string of the molecule is Cc1ccc(C#N)c(Oc2ccc3c(c2)CCB3O)c1. The normalized spacial score (nSPS) is 12.9. The van der Waals surface area contributed by atoms with Crippen LogP contribution >= 0.6 is 0 Å². The molecule has 0 saturated heterocycles. The van der Waals surface area contributed by atoms with E-state index in [-0.39, 0.29) is 6.92 Å². The molecule has 4 heteroatoms. The smallest absolute Gasteiger partial charge is 0.324 e. The van der Waals surface area contributed by atoms with E-state index in [0.29, 0.717) is 17.1 Å². The van der Waals surface area contributed by atoms with Crippen molar-refractivity contribution in [3.8, 4) is 17.6 Å². The average molecular weight is 263 g/mol. The molecule has 98 valence electrons. The molecule has 20 heavy (non-hydrogen) atoms. The highest BCUT2D eigenvalue weighted by molar-refractivity contribution is 6.68. The van der Waals surface area contributed by atoms with Crippen LogP contribution in [-0.4, -0.2) is 11.9 Å². The number of fused-ring (bicyclic) bond motifs is 1. The zero-order chi connectivity index (χ0) is 14.1. The lowest BCUT2D eigenvalue weighted by Crippen LogP contribution is -2.25. The first-order valence-electron chi connectivity index (χ1n) is 6.67. The molecule has 0 aliphatic carbocycles. The van der Waals surface area contributed by atoms with E-state index in [9.17, 15) is 5.02 Å². The molecule has 0 fully saturated rings. The largest absolute Gasteiger partial charge is 0.456 e. The molecule has 0 bridgehead atoms. The quantitative estimate of drug-likeness (QED) is 0.846. The summed E-state index contributed by atoms with van der Waals surface area (Å²) in [6, 6.07) is 13.4. The van der Waals surface area contributed by atoms with Crippen LogP contribution < -0.4 is 10.2 Å². The molecule has 0 amide bonds. The molecule has 1 heterocycles. The van der Waals surface area contributed by atoms with Crippen LogP contribution in [0, 0.1) is 18.3 Å². The Hall–Kier alpha value is -2.25. The first-order chi connectivity index (χ1) is 9.67. The lowest BCUT2D eigenvalue weighted by molar-refractivity contribution is 0.480. The summed E-state index contributed by atoms with van der Waals surface area (Å²) in [6.45, 7) is 1.61. The highest BCUT2D eigenvalue weighted by Gasteiger charge is 2.24. The van der Waals surface area contributed by atoms with Crippen molar-refractivity contribution < 1.29 is 9.76 Å². The van der Waals surface area contributed by atoms with E-state index in [2.05, 4.69) is 6.07 Å². The van der Waals surface area contributed by atoms with E-state index in [0.717, 1.165) is 29.3 Å². The molecule has 3 nitrogen and oxygen atoms in total. The third-order valence-electron chi connectivity index (χ3n) is 3.65. The first kappa shape index (κ1) is 12.8. The van der Waals surface area contributed by atoms with Crippen LogP contribution in [-0.2, 0) is 6.42 Å². The lowest BCUT2D eigenvalue weighted by atomic mass is 9.63. The average Bonchev–Trinajstić information content (AvgIpc) is 2.80. The Labute approximate surface area is 118 Å². The zero-order valence-electron chi connectivity index (χ0n) is 11.3. The second kappa shape index (κ2) is 5.03. The first-order valence-corrected chi connectivity index (χ1v) is 6.67. The van der Waals surface area contributed by atoms with Gasteiger partial charge in [0.25, 0.3) is 0 Å². The van der Waals surface area contributed by atoms with Crippen LogP contribution in [0.25, 0.3) is 0 Å². The molecule has 0 atom stereocenters. The van der Waals surface area contributed by atoms with Crippen molar-refractivity contribution in [2.45, 2.75) is 19.7 Å². The van der Waals surface area contributed by atoms with Gasteiger partial charge in [0.15, 0.2) is 0 Å². The molecule has 2 aromatic rings. The maximum atomic E-state index is 9.80. The monoisotopic (exact) mass is 263 g/mol. The Morgan fingerprint density at radius 2 is 2.10 bits per heavy atom. The van der Waals surface area contributed by atoms with E-state index >= 15 is 0 Å². The molecule has 3 rings (SSSR count). The predicted molar refractivity (Wildman–Crippen MR) is 78.5 cm³/mol. The maximum Gasteiger partial charge on any atom is 0.324 e. The summed E-state index contributed by atoms with van der Waals surface area (Å²) < 4.78 is 5.84. The van der Waals surface area contributed by atoms with Gasteiger partial charge in [-0.2, -0.15) is 5.26 Å². The molecule has 1 aliphatic heterocycles. The van der Waals surface area contributed by atoms with Crippen molar-refractivity contribution in [2.24, 2.45) is 0 Å². The summed E-state index contributed by atoms with van der Waals surface area (Å²) in [4.78, 5) is 0. The van der Waals surface area contributed by atoms with Crippen molar-refractivity contribution in [3.05, 3.63) is 53.1 Å². The molecule has 0 radical (unpaired) electrons. The molecular weight excluding hydrogens is 249 g/mol. The Bertz CT molecular complexity index is 706. The summed E-state index contributed by atoms with van der Waals surface area (Å²) in [5.41, 5.74) is 3.69. The van der Waals surface area contributed by atoms with Gasteiger partial charge in [0.2, 0.25) is 0 Å². The Morgan fingerprint density at radius 3 is 2.90 bits per heavy atom. The van der Waals surface area contributed by atoms with Crippen molar-refractivity contribution in [1.82, 2.24) is 0 Å². The van der Waals surface area contributed by atoms with E-state index in [4.69, 9.17) is 10.00 Å². The molecular formula is C16H14BNO2. The fourth-order valence-electron chi connectivity index (χ4n) is 2.57. The van der Waals surface area contributed by atoms with E-state index in [1.807, 2.05) is 37.3 Å². The van der Waals surface area contributed by atoms with E-state index in [1.54, 1.807) is 6.07 Å². The third kappa shape index (κ3) is 2.28. The van der Waals surface area contributed by atoms with Crippen molar-refractivity contribution in [1.29, 1.82) is 5.26 Å². The van der Waals surface area contributed by atoms with Gasteiger partial charge in [-0.1, -0.05) is 12.1 Å². The fraction of sp³-hybridized carbons (Fsp3) is 0.188. The Balaban J connectivity index is 1.93. The summed E-state index contributed by atoms with van der Waals surface area (Å²) in [5.74, 6) is 1.28. The van der Waals surface area contributed by atoms with Gasteiger partial charge in [-0.3, -0.25) is 0 Å². The molecule has 1 aliphatic rings. The minimum Gasteiger partial charge on any atom is -0.456 e. The standard InChI is InChI=1S/C16H14BNO2/c1-11-2-3-13(10-18)16(8-11)20-14-4-5-15-12(9-14)6-7-17(15)19/h2-5,8-9,19H,6-7H2,1H3. The van der Waals surface area contributed by atoms with Crippen LogP contribution in [0.5, 0.6) is 11.5 Å². The summed E-state index contributed by atoms with van der Waals surface area (Å²) in [7, 11) is 0. The van der Waals surface area contributed by atoms with Crippen LogP contribution in [0.15, 0.2) is 36.4 Å². The van der Waals surface area contributed by atoms with Gasteiger partial charge in [-0.25, -0.2) is 0 Å². The molecule has 1 N–H and O–H groups in total. The Morgan fingerprint density at radius 1 is 1.25 bits per heavy atom. The number of rotatable bonds is 2. The number of nitrogens with zero attached hydrogens (tertiary/aromatic N) is 1. The van der Waals surface area contributed by atoms with Gasteiger partial charge in [0, 0.05) is 0 Å². The predicted octanol–water partition coefficient (Wildman–Crippen LogP) is 2.41. The highest BCUT2D eigenvalue weighted by Crippen LogP contribution is 2.27. The summed E-state index contributed by atoms with van der Waals surface area (Å²) >= 11 is 0. The topological polar surface area (TPSA) is 53.2 Å². The van der Waals surface area contributed by atoms with Gasteiger partial charge in [-0.05, 0) is 60.5 Å². The molecule has 0 unspecified atom stereocenters. The number of aryl methyl sites for hydroxylation is 2. The van der Waals surface area contributed by atoms with Crippen LogP contribution in [0.1, 0.15) is 16.7 Å². The van der Waals surface area contributed by atoms with E-state index in [1.165, 1.54) is 0 Å². The van der Waals surface area contributed by atoms with Crippen molar-refractivity contribution in [2.75, 3.05) is 0 Å². The van der Waals surface area contributed by atoms with Gasteiger partial charge < -0.3 is 9.76 Å². The molecule has 0 saturated carbocycles. The number of benzene rings is 2. The number of hydrogen-bond donors (Lipinski definition) is 1. The molecule has 0 spiro atoms. The zero-order valence-corrected chi connectivity index (χ0v) is 11.3. The summed E-state index contributed by atoms with van der Waals surface area (Å²) in [5, 5.41) is 18.9. The van der Waals surface area contributed by atoms with Crippen molar-refractivity contribution >= 4 is 12.4 Å². The second-order valence-corrected chi connectivity index (χ2v) is 5.13. The third-order valence-corrected chi connectivity index (χ3v) is 3.65. The number of hydrogen-bond acceptors (Lipinski definition) is 3. The Kier molecular flexibility index (Phi) is 3.21. The van der Waals surface area contributed by atoms with Gasteiger partial charge in [0.05, 0.1) is 5.56 Å². The fourth-order valence-corrected chi connectivity index (χ4v) is 2.57. The minimum absolute atomic E-state index is 0.354. The van der Waals surface area contributed by atoms with Crippen molar-refractivity contribution in [3.63, 3.8) is 0 Å². The van der Waals surface area contributed by atoms with Gasteiger partial charge in [0.1, 0.15) is 17.6 Å². The van der Waals surface area contributed by atoms with Gasteiger partial charge >= 0.3 is 6.92 Å². The molecule has 0 aromatic heterocycles. The number of ether oxygens (including phenoxy) is 1. The van der Waals surface area contributed by atoms with E-state index < -0.39 is 0 Å². The van der Waals surface area contributed by atoms with Crippen LogP contribution in [0.3, 0.4) is 0 Å². The highest BCUT2D eigenvalue weighted by atomic mass is 16.5. The summed E-state index contributed by atoms with van der Waals surface area (Å²) in [6.07, 6.45) is 1.64. The number of nitriles is 1.